The first kappa shape index (κ1) is 39.2. The minimum atomic E-state index is -0.441. The van der Waals surface area contributed by atoms with Gasteiger partial charge in [0.05, 0.1) is 5.41 Å². The molecular formula is C67H49N. The van der Waals surface area contributed by atoms with Gasteiger partial charge in [0.2, 0.25) is 0 Å². The third-order valence-electron chi connectivity index (χ3n) is 16.3. The molecule has 0 N–H and O–H groups in total. The van der Waals surface area contributed by atoms with Crippen LogP contribution in [0.2, 0.25) is 0 Å². The van der Waals surface area contributed by atoms with Gasteiger partial charge in [-0.05, 0) is 148 Å². The Hall–Kier alpha value is -8.00. The minimum Gasteiger partial charge on any atom is -0.310 e. The summed E-state index contributed by atoms with van der Waals surface area (Å²) < 4.78 is 0. The summed E-state index contributed by atoms with van der Waals surface area (Å²) in [4.78, 5) is 2.50. The van der Waals surface area contributed by atoms with Crippen LogP contribution in [-0.2, 0) is 16.2 Å². The predicted octanol–water partition coefficient (Wildman–Crippen LogP) is 17.4. The largest absolute Gasteiger partial charge is 0.310 e. The summed E-state index contributed by atoms with van der Waals surface area (Å²) in [5, 5.41) is 0. The van der Waals surface area contributed by atoms with Crippen molar-refractivity contribution in [3.8, 4) is 66.8 Å². The summed E-state index contributed by atoms with van der Waals surface area (Å²) in [6, 6.07) is 84.8. The van der Waals surface area contributed by atoms with Crippen LogP contribution >= 0.6 is 0 Å². The molecule has 4 aliphatic rings. The Bertz CT molecular complexity index is 3690. The zero-order valence-electron chi connectivity index (χ0n) is 38.8. The number of hydrogen-bond acceptors (Lipinski definition) is 1. The average molecular weight is 868 g/mol. The normalized spacial score (nSPS) is 15.1. The molecule has 1 spiro atoms. The van der Waals surface area contributed by atoms with Crippen LogP contribution < -0.4 is 4.90 Å². The highest BCUT2D eigenvalue weighted by atomic mass is 15.1. The van der Waals surface area contributed by atoms with Crippen LogP contribution in [0.1, 0.15) is 72.2 Å². The highest BCUT2D eigenvalue weighted by molar-refractivity contribution is 5.98. The number of benzene rings is 10. The Kier molecular flexibility index (Phi) is 8.08. The van der Waals surface area contributed by atoms with Crippen molar-refractivity contribution < 1.29 is 0 Å². The van der Waals surface area contributed by atoms with Crippen molar-refractivity contribution in [1.29, 1.82) is 0 Å². The number of rotatable bonds is 5. The van der Waals surface area contributed by atoms with E-state index in [1.807, 2.05) is 0 Å². The Morgan fingerprint density at radius 2 is 0.603 bits per heavy atom. The molecule has 0 radical (unpaired) electrons. The Morgan fingerprint density at radius 1 is 0.250 bits per heavy atom. The molecule has 0 saturated heterocycles. The molecule has 4 aliphatic carbocycles. The van der Waals surface area contributed by atoms with Crippen LogP contribution in [0.4, 0.5) is 17.1 Å². The van der Waals surface area contributed by atoms with Gasteiger partial charge in [0.1, 0.15) is 0 Å². The van der Waals surface area contributed by atoms with Gasteiger partial charge in [-0.2, -0.15) is 0 Å². The van der Waals surface area contributed by atoms with E-state index in [0.717, 1.165) is 17.1 Å². The Labute approximate surface area is 399 Å². The van der Waals surface area contributed by atoms with E-state index in [4.69, 9.17) is 0 Å². The molecule has 0 aromatic heterocycles. The van der Waals surface area contributed by atoms with E-state index in [9.17, 15) is 0 Å². The maximum absolute atomic E-state index is 2.51. The molecule has 0 saturated carbocycles. The molecule has 1 nitrogen and oxygen atoms in total. The standard InChI is InChI=1S/C67H49N/c1-65(2)57-27-12-7-20-48(57)53-38-36-44(40-62(53)65)68(45-37-39-54-51-23-11-16-31-61(51)67(63(54)41-45)59-29-14-9-21-49(59)50-22-10-15-30-60(50)67)43-34-32-42(33-35-43)46-18-5-6-19-47(46)55-25-17-26-56-52-24-8-13-28-58(52)66(3,4)64(55)56/h5-41H,1-4H3. The fourth-order valence-electron chi connectivity index (χ4n) is 13.3. The molecule has 0 unspecified atom stereocenters. The van der Waals surface area contributed by atoms with E-state index >= 15 is 0 Å². The average Bonchev–Trinajstić information content (AvgIpc) is 4.02. The molecule has 0 heterocycles. The minimum absolute atomic E-state index is 0.121. The van der Waals surface area contributed by atoms with Crippen molar-refractivity contribution in [2.75, 3.05) is 4.90 Å². The molecule has 0 bridgehead atoms. The Morgan fingerprint density at radius 3 is 1.15 bits per heavy atom. The summed E-state index contributed by atoms with van der Waals surface area (Å²) in [6.45, 7) is 9.53. The number of hydrogen-bond donors (Lipinski definition) is 0. The van der Waals surface area contributed by atoms with Gasteiger partial charge in [0.15, 0.2) is 0 Å². The fourth-order valence-corrected chi connectivity index (χ4v) is 13.3. The Balaban J connectivity index is 0.953. The van der Waals surface area contributed by atoms with E-state index in [0.29, 0.717) is 0 Å². The van der Waals surface area contributed by atoms with Gasteiger partial charge >= 0.3 is 0 Å². The van der Waals surface area contributed by atoms with Crippen LogP contribution in [0.5, 0.6) is 0 Å². The molecule has 1 heteroatoms. The molecule has 10 aromatic rings. The lowest BCUT2D eigenvalue weighted by Crippen LogP contribution is -2.26. The van der Waals surface area contributed by atoms with Gasteiger partial charge in [-0.3, -0.25) is 0 Å². The van der Waals surface area contributed by atoms with Crippen LogP contribution in [0.25, 0.3) is 66.8 Å². The lowest BCUT2D eigenvalue weighted by Gasteiger charge is -2.32. The molecule has 10 aromatic carbocycles. The number of anilines is 3. The first-order valence-corrected chi connectivity index (χ1v) is 24.2. The first-order valence-electron chi connectivity index (χ1n) is 24.2. The second-order valence-corrected chi connectivity index (χ2v) is 20.3. The smallest absolute Gasteiger partial charge is 0.0726 e. The first-order chi connectivity index (χ1) is 33.3. The van der Waals surface area contributed by atoms with Crippen molar-refractivity contribution in [2.45, 2.75) is 43.9 Å². The van der Waals surface area contributed by atoms with Crippen molar-refractivity contribution in [1.82, 2.24) is 0 Å². The fraction of sp³-hybridized carbons (Fsp3) is 0.104. The van der Waals surface area contributed by atoms with Crippen LogP contribution in [-0.4, -0.2) is 0 Å². The van der Waals surface area contributed by atoms with Gasteiger partial charge in [0.25, 0.3) is 0 Å². The monoisotopic (exact) mass is 867 g/mol. The van der Waals surface area contributed by atoms with Gasteiger partial charge in [-0.15, -0.1) is 0 Å². The highest BCUT2D eigenvalue weighted by Crippen LogP contribution is 2.63. The number of fused-ring (bicyclic) bond motifs is 16. The summed E-state index contributed by atoms with van der Waals surface area (Å²) in [5.41, 5.74) is 29.2. The highest BCUT2D eigenvalue weighted by Gasteiger charge is 2.52. The van der Waals surface area contributed by atoms with E-state index < -0.39 is 5.41 Å². The van der Waals surface area contributed by atoms with Gasteiger partial charge in [-0.25, -0.2) is 0 Å². The predicted molar refractivity (Wildman–Crippen MR) is 283 cm³/mol. The van der Waals surface area contributed by atoms with E-state index in [1.54, 1.807) is 0 Å². The third kappa shape index (κ3) is 5.11. The maximum atomic E-state index is 2.51. The second kappa shape index (κ2) is 14.0. The SMILES string of the molecule is CC1(C)c2ccccc2-c2ccc(N(c3ccc(-c4ccccc4-c4cccc5c4C(C)(C)c4ccccc4-5)cc3)c3ccc4c(c3)C3(c5ccccc5-c5ccccc53)c3ccccc3-4)cc21. The van der Waals surface area contributed by atoms with Crippen molar-refractivity contribution in [2.24, 2.45) is 0 Å². The molecular weight excluding hydrogens is 819 g/mol. The lowest BCUT2D eigenvalue weighted by atomic mass is 9.70. The van der Waals surface area contributed by atoms with Gasteiger partial charge in [-0.1, -0.05) is 216 Å². The lowest BCUT2D eigenvalue weighted by molar-refractivity contribution is 0.660. The summed E-state index contributed by atoms with van der Waals surface area (Å²) in [6.07, 6.45) is 0. The molecule has 0 atom stereocenters. The molecule has 14 rings (SSSR count). The molecule has 322 valence electrons. The van der Waals surface area contributed by atoms with Crippen molar-refractivity contribution >= 4 is 17.1 Å². The zero-order valence-corrected chi connectivity index (χ0v) is 38.8. The van der Waals surface area contributed by atoms with Crippen molar-refractivity contribution in [3.63, 3.8) is 0 Å². The van der Waals surface area contributed by atoms with Crippen LogP contribution in [0.3, 0.4) is 0 Å². The van der Waals surface area contributed by atoms with E-state index in [-0.39, 0.29) is 10.8 Å². The van der Waals surface area contributed by atoms with Gasteiger partial charge in [0, 0.05) is 27.9 Å². The van der Waals surface area contributed by atoms with E-state index in [2.05, 4.69) is 257 Å². The van der Waals surface area contributed by atoms with Crippen LogP contribution in [0, 0.1) is 0 Å². The molecule has 0 amide bonds. The van der Waals surface area contributed by atoms with Crippen molar-refractivity contribution in [3.05, 3.63) is 269 Å². The second-order valence-electron chi connectivity index (χ2n) is 20.3. The molecule has 0 fully saturated rings. The van der Waals surface area contributed by atoms with Crippen LogP contribution in [0.15, 0.2) is 224 Å². The molecule has 0 aliphatic heterocycles. The summed E-state index contributed by atoms with van der Waals surface area (Å²) >= 11 is 0. The quantitative estimate of drug-likeness (QED) is 0.167. The maximum Gasteiger partial charge on any atom is 0.0726 e. The van der Waals surface area contributed by atoms with E-state index in [1.165, 1.54) is 111 Å². The third-order valence-corrected chi connectivity index (χ3v) is 16.3. The summed E-state index contributed by atoms with van der Waals surface area (Å²) in [7, 11) is 0. The summed E-state index contributed by atoms with van der Waals surface area (Å²) in [5.74, 6) is 0. The zero-order chi connectivity index (χ0) is 45.5. The topological polar surface area (TPSA) is 3.24 Å². The van der Waals surface area contributed by atoms with Gasteiger partial charge < -0.3 is 4.90 Å². The number of nitrogens with zero attached hydrogens (tertiary/aromatic N) is 1. The molecule has 68 heavy (non-hydrogen) atoms.